The summed E-state index contributed by atoms with van der Waals surface area (Å²) in [5.41, 5.74) is 1.33. The van der Waals surface area contributed by atoms with E-state index in [1.165, 1.54) is 17.3 Å². The number of aromatic nitrogens is 3. The van der Waals surface area contributed by atoms with Gasteiger partial charge in [0.2, 0.25) is 5.91 Å². The van der Waals surface area contributed by atoms with Crippen molar-refractivity contribution in [3.63, 3.8) is 0 Å². The molecule has 0 saturated carbocycles. The van der Waals surface area contributed by atoms with Gasteiger partial charge in [-0.3, -0.25) is 9.69 Å². The average molecular weight is 428 g/mol. The highest BCUT2D eigenvalue weighted by Crippen LogP contribution is 2.26. The Balaban J connectivity index is 1.28. The Kier molecular flexibility index (Phi) is 6.32. The van der Waals surface area contributed by atoms with Gasteiger partial charge in [-0.05, 0) is 23.9 Å². The Morgan fingerprint density at radius 3 is 2.55 bits per heavy atom. The molecular formula is C21H25N5OS2. The van der Waals surface area contributed by atoms with Gasteiger partial charge in [-0.25, -0.2) is 0 Å². The molecule has 8 heteroatoms. The summed E-state index contributed by atoms with van der Waals surface area (Å²) >= 11 is 3.10. The highest BCUT2D eigenvalue weighted by molar-refractivity contribution is 7.99. The maximum atomic E-state index is 12.7. The van der Waals surface area contributed by atoms with Crippen LogP contribution >= 0.6 is 23.1 Å². The second-order valence-electron chi connectivity index (χ2n) is 7.13. The van der Waals surface area contributed by atoms with E-state index in [9.17, 15) is 4.79 Å². The second-order valence-corrected chi connectivity index (χ2v) is 9.02. The first-order valence-corrected chi connectivity index (χ1v) is 11.6. The number of carbonyl (C=O) groups excluding carboxylic acids is 1. The SMILES string of the molecule is CC(c1ccccc1)N1CCN(C(=O)CSc2nnc(-c3cccs3)n2C)CC1. The van der Waals surface area contributed by atoms with Crippen molar-refractivity contribution in [3.05, 3.63) is 53.4 Å². The Labute approximate surface area is 179 Å². The van der Waals surface area contributed by atoms with Crippen molar-refractivity contribution in [2.75, 3.05) is 31.9 Å². The predicted octanol–water partition coefficient (Wildman–Crippen LogP) is 3.54. The van der Waals surface area contributed by atoms with Gasteiger partial charge in [-0.15, -0.1) is 21.5 Å². The van der Waals surface area contributed by atoms with Crippen LogP contribution in [0.5, 0.6) is 0 Å². The van der Waals surface area contributed by atoms with E-state index in [0.717, 1.165) is 42.0 Å². The topological polar surface area (TPSA) is 54.3 Å². The number of piperazine rings is 1. The quantitative estimate of drug-likeness (QED) is 0.563. The highest BCUT2D eigenvalue weighted by atomic mass is 32.2. The minimum absolute atomic E-state index is 0.169. The Hall–Kier alpha value is -2.16. The van der Waals surface area contributed by atoms with Crippen LogP contribution in [0.4, 0.5) is 0 Å². The van der Waals surface area contributed by atoms with Crippen molar-refractivity contribution in [2.24, 2.45) is 7.05 Å². The van der Waals surface area contributed by atoms with Crippen molar-refractivity contribution >= 4 is 29.0 Å². The van der Waals surface area contributed by atoms with Gasteiger partial charge in [-0.1, -0.05) is 48.2 Å². The summed E-state index contributed by atoms with van der Waals surface area (Å²) in [5.74, 6) is 1.41. The van der Waals surface area contributed by atoms with Gasteiger partial charge in [0.25, 0.3) is 0 Å². The van der Waals surface area contributed by atoms with Crippen molar-refractivity contribution in [3.8, 4) is 10.7 Å². The molecule has 1 fully saturated rings. The fraction of sp³-hybridized carbons (Fsp3) is 0.381. The lowest BCUT2D eigenvalue weighted by Gasteiger charge is -2.38. The van der Waals surface area contributed by atoms with E-state index < -0.39 is 0 Å². The summed E-state index contributed by atoms with van der Waals surface area (Å²) in [6.45, 7) is 5.59. The summed E-state index contributed by atoms with van der Waals surface area (Å²) < 4.78 is 1.96. The third-order valence-corrected chi connectivity index (χ3v) is 7.27. The number of benzene rings is 1. The molecule has 1 atom stereocenters. The molecule has 1 saturated heterocycles. The molecule has 1 aliphatic heterocycles. The van der Waals surface area contributed by atoms with Crippen LogP contribution in [-0.4, -0.2) is 62.4 Å². The first-order chi connectivity index (χ1) is 14.1. The second kappa shape index (κ2) is 9.11. The largest absolute Gasteiger partial charge is 0.339 e. The molecule has 2 aromatic heterocycles. The zero-order chi connectivity index (χ0) is 20.2. The molecule has 0 aliphatic carbocycles. The molecular weight excluding hydrogens is 402 g/mol. The van der Waals surface area contributed by atoms with E-state index >= 15 is 0 Å². The van der Waals surface area contributed by atoms with Crippen LogP contribution in [-0.2, 0) is 11.8 Å². The third kappa shape index (κ3) is 4.55. The first kappa shape index (κ1) is 20.1. The van der Waals surface area contributed by atoms with E-state index in [1.54, 1.807) is 11.3 Å². The van der Waals surface area contributed by atoms with Crippen LogP contribution in [0.15, 0.2) is 53.0 Å². The molecule has 0 bridgehead atoms. The number of amides is 1. The van der Waals surface area contributed by atoms with Crippen molar-refractivity contribution in [2.45, 2.75) is 18.1 Å². The minimum atomic E-state index is 0.169. The molecule has 1 unspecified atom stereocenters. The lowest BCUT2D eigenvalue weighted by atomic mass is 10.1. The van der Waals surface area contributed by atoms with Gasteiger partial charge in [0.05, 0.1) is 10.6 Å². The van der Waals surface area contributed by atoms with Crippen LogP contribution in [0, 0.1) is 0 Å². The summed E-state index contributed by atoms with van der Waals surface area (Å²) in [5, 5.41) is 11.3. The predicted molar refractivity (Wildman–Crippen MR) is 118 cm³/mol. The maximum absolute atomic E-state index is 12.7. The fourth-order valence-corrected chi connectivity index (χ4v) is 5.14. The normalized spacial score (nSPS) is 16.1. The minimum Gasteiger partial charge on any atom is -0.339 e. The van der Waals surface area contributed by atoms with Crippen LogP contribution < -0.4 is 0 Å². The molecule has 29 heavy (non-hydrogen) atoms. The molecule has 4 rings (SSSR count). The average Bonchev–Trinajstić information content (AvgIpc) is 3.42. The van der Waals surface area contributed by atoms with Crippen LogP contribution in [0.2, 0.25) is 0 Å². The Bertz CT molecular complexity index is 933. The maximum Gasteiger partial charge on any atom is 0.233 e. The molecule has 1 aromatic carbocycles. The van der Waals surface area contributed by atoms with E-state index in [2.05, 4.69) is 46.3 Å². The van der Waals surface area contributed by atoms with Crippen LogP contribution in [0.1, 0.15) is 18.5 Å². The molecule has 0 N–H and O–H groups in total. The Morgan fingerprint density at radius 2 is 1.86 bits per heavy atom. The Morgan fingerprint density at radius 1 is 1.10 bits per heavy atom. The van der Waals surface area contributed by atoms with Gasteiger partial charge in [0.15, 0.2) is 11.0 Å². The summed E-state index contributed by atoms with van der Waals surface area (Å²) in [7, 11) is 1.95. The van der Waals surface area contributed by atoms with Crippen molar-refractivity contribution in [1.82, 2.24) is 24.6 Å². The summed E-state index contributed by atoms with van der Waals surface area (Å²) in [6, 6.07) is 15.0. The summed E-state index contributed by atoms with van der Waals surface area (Å²) in [6.07, 6.45) is 0. The van der Waals surface area contributed by atoms with E-state index in [0.29, 0.717) is 11.8 Å². The van der Waals surface area contributed by atoms with Crippen molar-refractivity contribution in [1.29, 1.82) is 0 Å². The van der Waals surface area contributed by atoms with Crippen LogP contribution in [0.3, 0.4) is 0 Å². The van der Waals surface area contributed by atoms with Crippen LogP contribution in [0.25, 0.3) is 10.7 Å². The van der Waals surface area contributed by atoms with Gasteiger partial charge in [0, 0.05) is 39.3 Å². The van der Waals surface area contributed by atoms with Crippen molar-refractivity contribution < 1.29 is 4.79 Å². The smallest absolute Gasteiger partial charge is 0.233 e. The van der Waals surface area contributed by atoms with Gasteiger partial charge >= 0.3 is 0 Å². The first-order valence-electron chi connectivity index (χ1n) is 9.76. The third-order valence-electron chi connectivity index (χ3n) is 5.40. The number of nitrogens with zero attached hydrogens (tertiary/aromatic N) is 5. The lowest BCUT2D eigenvalue weighted by molar-refractivity contribution is -0.130. The standard InChI is InChI=1S/C21H25N5OS2/c1-16(17-7-4-3-5-8-17)25-10-12-26(13-11-25)19(27)15-29-21-23-22-20(24(21)2)18-9-6-14-28-18/h3-9,14,16H,10-13,15H2,1-2H3. The van der Waals surface area contributed by atoms with E-state index in [1.807, 2.05) is 40.1 Å². The lowest BCUT2D eigenvalue weighted by Crippen LogP contribution is -2.49. The molecule has 6 nitrogen and oxygen atoms in total. The van der Waals surface area contributed by atoms with E-state index in [4.69, 9.17) is 0 Å². The number of hydrogen-bond acceptors (Lipinski definition) is 6. The monoisotopic (exact) mass is 427 g/mol. The molecule has 3 heterocycles. The molecule has 0 radical (unpaired) electrons. The number of carbonyl (C=O) groups is 1. The van der Waals surface area contributed by atoms with Gasteiger partial charge in [0.1, 0.15) is 0 Å². The van der Waals surface area contributed by atoms with Gasteiger partial charge < -0.3 is 9.47 Å². The number of thioether (sulfide) groups is 1. The zero-order valence-electron chi connectivity index (χ0n) is 16.7. The summed E-state index contributed by atoms with van der Waals surface area (Å²) in [4.78, 5) is 18.2. The molecule has 3 aromatic rings. The van der Waals surface area contributed by atoms with E-state index in [-0.39, 0.29) is 5.91 Å². The molecule has 1 amide bonds. The molecule has 0 spiro atoms. The number of rotatable bonds is 6. The van der Waals surface area contributed by atoms with Gasteiger partial charge in [-0.2, -0.15) is 0 Å². The number of hydrogen-bond donors (Lipinski definition) is 0. The highest BCUT2D eigenvalue weighted by Gasteiger charge is 2.25. The number of thiophene rings is 1. The molecule has 1 aliphatic rings. The fourth-order valence-electron chi connectivity index (χ4n) is 3.58. The molecule has 152 valence electrons. The zero-order valence-corrected chi connectivity index (χ0v) is 18.3.